The van der Waals surface area contributed by atoms with Gasteiger partial charge in [0.1, 0.15) is 6.33 Å². The van der Waals surface area contributed by atoms with Crippen LogP contribution in [0.5, 0.6) is 0 Å². The van der Waals surface area contributed by atoms with Crippen LogP contribution in [-0.2, 0) is 0 Å². The van der Waals surface area contributed by atoms with Gasteiger partial charge >= 0.3 is 0 Å². The molecular formula is C14H22N4O. The Hall–Kier alpha value is -1.49. The van der Waals surface area contributed by atoms with E-state index in [1.165, 1.54) is 32.1 Å². The van der Waals surface area contributed by atoms with Gasteiger partial charge < -0.3 is 10.2 Å². The first-order chi connectivity index (χ1) is 9.29. The summed E-state index contributed by atoms with van der Waals surface area (Å²) in [6, 6.07) is 0. The number of aromatic nitrogens is 2. The SMILES string of the molecule is CCCN1CCC[C@@H](CNC(=O)c2cncnc2)C1. The number of carbonyl (C=O) groups is 1. The van der Waals surface area contributed by atoms with Gasteiger partial charge in [-0.1, -0.05) is 6.92 Å². The van der Waals surface area contributed by atoms with Gasteiger partial charge in [0.15, 0.2) is 0 Å². The number of amides is 1. The zero-order valence-corrected chi connectivity index (χ0v) is 11.5. The van der Waals surface area contributed by atoms with Crippen LogP contribution in [0.2, 0.25) is 0 Å². The molecule has 1 aromatic heterocycles. The average molecular weight is 262 g/mol. The number of nitrogens with zero attached hydrogens (tertiary/aromatic N) is 3. The third-order valence-electron chi connectivity index (χ3n) is 3.52. The predicted octanol–water partition coefficient (Wildman–Crippen LogP) is 1.33. The number of hydrogen-bond donors (Lipinski definition) is 1. The lowest BCUT2D eigenvalue weighted by Gasteiger charge is -2.32. The topological polar surface area (TPSA) is 58.1 Å². The summed E-state index contributed by atoms with van der Waals surface area (Å²) in [5.41, 5.74) is 0.531. The Morgan fingerprint density at radius 3 is 3.00 bits per heavy atom. The van der Waals surface area contributed by atoms with Crippen LogP contribution < -0.4 is 5.32 Å². The van der Waals surface area contributed by atoms with E-state index in [1.54, 1.807) is 12.4 Å². The fourth-order valence-electron chi connectivity index (χ4n) is 2.59. The minimum absolute atomic E-state index is 0.0757. The summed E-state index contributed by atoms with van der Waals surface area (Å²) in [6.45, 7) is 6.41. The minimum atomic E-state index is -0.0757. The monoisotopic (exact) mass is 262 g/mol. The summed E-state index contributed by atoms with van der Waals surface area (Å²) in [7, 11) is 0. The van der Waals surface area contributed by atoms with Crippen LogP contribution in [0.25, 0.3) is 0 Å². The molecule has 5 heteroatoms. The number of piperidine rings is 1. The molecule has 1 N–H and O–H groups in total. The lowest BCUT2D eigenvalue weighted by molar-refractivity contribution is 0.0931. The third-order valence-corrected chi connectivity index (χ3v) is 3.52. The number of rotatable bonds is 5. The van der Waals surface area contributed by atoms with Crippen molar-refractivity contribution in [1.29, 1.82) is 0 Å². The highest BCUT2D eigenvalue weighted by atomic mass is 16.1. The maximum absolute atomic E-state index is 11.9. The van der Waals surface area contributed by atoms with Gasteiger partial charge in [0.05, 0.1) is 5.56 Å². The van der Waals surface area contributed by atoms with Gasteiger partial charge in [-0.3, -0.25) is 4.79 Å². The highest BCUT2D eigenvalue weighted by Crippen LogP contribution is 2.15. The second kappa shape index (κ2) is 7.19. The molecule has 1 fully saturated rings. The quantitative estimate of drug-likeness (QED) is 0.869. The van der Waals surface area contributed by atoms with Crippen LogP contribution >= 0.6 is 0 Å². The van der Waals surface area contributed by atoms with Gasteiger partial charge in [-0.25, -0.2) is 9.97 Å². The van der Waals surface area contributed by atoms with Crippen molar-refractivity contribution in [2.24, 2.45) is 5.92 Å². The largest absolute Gasteiger partial charge is 0.352 e. The van der Waals surface area contributed by atoms with E-state index in [2.05, 4.69) is 27.1 Å². The summed E-state index contributed by atoms with van der Waals surface area (Å²) in [4.78, 5) is 22.1. The van der Waals surface area contributed by atoms with Gasteiger partial charge in [-0.15, -0.1) is 0 Å². The number of nitrogens with one attached hydrogen (secondary N) is 1. The molecule has 0 bridgehead atoms. The lowest BCUT2D eigenvalue weighted by atomic mass is 9.98. The van der Waals surface area contributed by atoms with Crippen LogP contribution in [0, 0.1) is 5.92 Å². The first-order valence-electron chi connectivity index (χ1n) is 7.05. The molecule has 1 aliphatic heterocycles. The summed E-state index contributed by atoms with van der Waals surface area (Å²) < 4.78 is 0. The van der Waals surface area contributed by atoms with Crippen LogP contribution in [0.1, 0.15) is 36.5 Å². The van der Waals surface area contributed by atoms with Crippen LogP contribution in [0.4, 0.5) is 0 Å². The van der Waals surface area contributed by atoms with Gasteiger partial charge in [0, 0.05) is 25.5 Å². The molecule has 5 nitrogen and oxygen atoms in total. The van der Waals surface area contributed by atoms with Crippen molar-refractivity contribution in [2.45, 2.75) is 26.2 Å². The molecule has 104 valence electrons. The normalized spacial score (nSPS) is 20.2. The Morgan fingerprint density at radius 1 is 1.47 bits per heavy atom. The molecule has 19 heavy (non-hydrogen) atoms. The van der Waals surface area contributed by atoms with Crippen LogP contribution in [0.3, 0.4) is 0 Å². The van der Waals surface area contributed by atoms with E-state index < -0.39 is 0 Å². The number of hydrogen-bond acceptors (Lipinski definition) is 4. The van der Waals surface area contributed by atoms with E-state index in [0.717, 1.165) is 19.6 Å². The summed E-state index contributed by atoms with van der Waals surface area (Å²) in [6.07, 6.45) is 8.15. The van der Waals surface area contributed by atoms with Gasteiger partial charge in [-0.2, -0.15) is 0 Å². The highest BCUT2D eigenvalue weighted by Gasteiger charge is 2.19. The van der Waals surface area contributed by atoms with Crippen molar-refractivity contribution in [3.05, 3.63) is 24.3 Å². The molecule has 1 saturated heterocycles. The van der Waals surface area contributed by atoms with Gasteiger partial charge in [-0.05, 0) is 38.3 Å². The standard InChI is InChI=1S/C14H22N4O/c1-2-5-18-6-3-4-12(10-18)7-17-14(19)13-8-15-11-16-9-13/h8-9,11-12H,2-7,10H2,1H3,(H,17,19)/t12-/m0/s1. The number of carbonyl (C=O) groups excluding carboxylic acids is 1. The van der Waals surface area contributed by atoms with Crippen molar-refractivity contribution in [1.82, 2.24) is 20.2 Å². The van der Waals surface area contributed by atoms with Crippen molar-refractivity contribution >= 4 is 5.91 Å². The minimum Gasteiger partial charge on any atom is -0.352 e. The second-order valence-electron chi connectivity index (χ2n) is 5.15. The fourth-order valence-corrected chi connectivity index (χ4v) is 2.59. The van der Waals surface area contributed by atoms with E-state index in [9.17, 15) is 4.79 Å². The molecule has 0 unspecified atom stereocenters. The molecule has 2 heterocycles. The van der Waals surface area contributed by atoms with Crippen LogP contribution in [-0.4, -0.2) is 47.0 Å². The predicted molar refractivity (Wildman–Crippen MR) is 73.8 cm³/mol. The fraction of sp³-hybridized carbons (Fsp3) is 0.643. The van der Waals surface area contributed by atoms with Gasteiger partial charge in [0.25, 0.3) is 5.91 Å². The second-order valence-corrected chi connectivity index (χ2v) is 5.15. The Kier molecular flexibility index (Phi) is 5.27. The Morgan fingerprint density at radius 2 is 2.26 bits per heavy atom. The Balaban J connectivity index is 1.77. The number of likely N-dealkylation sites (tertiary alicyclic amines) is 1. The van der Waals surface area contributed by atoms with E-state index >= 15 is 0 Å². The highest BCUT2D eigenvalue weighted by molar-refractivity contribution is 5.93. The zero-order valence-electron chi connectivity index (χ0n) is 11.5. The average Bonchev–Trinajstić information content (AvgIpc) is 2.46. The van der Waals surface area contributed by atoms with Crippen molar-refractivity contribution in [2.75, 3.05) is 26.2 Å². The summed E-state index contributed by atoms with van der Waals surface area (Å²) in [5, 5.41) is 2.99. The van der Waals surface area contributed by atoms with E-state index in [4.69, 9.17) is 0 Å². The van der Waals surface area contributed by atoms with E-state index in [0.29, 0.717) is 11.5 Å². The summed E-state index contributed by atoms with van der Waals surface area (Å²) >= 11 is 0. The molecular weight excluding hydrogens is 240 g/mol. The molecule has 0 aromatic carbocycles. The molecule has 1 aromatic rings. The zero-order chi connectivity index (χ0) is 13.5. The molecule has 2 rings (SSSR count). The molecule has 0 spiro atoms. The van der Waals surface area contributed by atoms with Crippen LogP contribution in [0.15, 0.2) is 18.7 Å². The maximum Gasteiger partial charge on any atom is 0.254 e. The Labute approximate surface area is 114 Å². The molecule has 1 atom stereocenters. The van der Waals surface area contributed by atoms with Crippen molar-refractivity contribution in [3.63, 3.8) is 0 Å². The third kappa shape index (κ3) is 4.28. The van der Waals surface area contributed by atoms with E-state index in [-0.39, 0.29) is 5.91 Å². The van der Waals surface area contributed by atoms with E-state index in [1.807, 2.05) is 0 Å². The summed E-state index contributed by atoms with van der Waals surface area (Å²) in [5.74, 6) is 0.488. The van der Waals surface area contributed by atoms with Crippen molar-refractivity contribution < 1.29 is 4.79 Å². The molecule has 1 amide bonds. The molecule has 1 aliphatic rings. The molecule has 0 aliphatic carbocycles. The lowest BCUT2D eigenvalue weighted by Crippen LogP contribution is -2.41. The van der Waals surface area contributed by atoms with Crippen molar-refractivity contribution in [3.8, 4) is 0 Å². The Bertz CT molecular complexity index is 394. The smallest absolute Gasteiger partial charge is 0.254 e. The molecule has 0 radical (unpaired) electrons. The van der Waals surface area contributed by atoms with Gasteiger partial charge in [0.2, 0.25) is 0 Å². The first kappa shape index (κ1) is 13.9. The molecule has 0 saturated carbocycles. The first-order valence-corrected chi connectivity index (χ1v) is 7.05. The maximum atomic E-state index is 11.9.